The van der Waals surface area contributed by atoms with Crippen molar-refractivity contribution in [2.45, 2.75) is 13.3 Å². The van der Waals surface area contributed by atoms with Gasteiger partial charge in [0.2, 0.25) is 0 Å². The lowest BCUT2D eigenvalue weighted by atomic mass is 10.1. The largest absolute Gasteiger partial charge is 0.496 e. The Hall–Kier alpha value is -3.22. The zero-order valence-corrected chi connectivity index (χ0v) is 16.1. The molecule has 0 aromatic heterocycles. The fourth-order valence-electron chi connectivity index (χ4n) is 2.41. The summed E-state index contributed by atoms with van der Waals surface area (Å²) in [7, 11) is 1.53. The van der Waals surface area contributed by atoms with E-state index in [1.54, 1.807) is 24.3 Å². The first-order valence-corrected chi connectivity index (χ1v) is 9.02. The van der Waals surface area contributed by atoms with E-state index in [9.17, 15) is 9.59 Å². The van der Waals surface area contributed by atoms with Crippen LogP contribution in [0.4, 0.5) is 0 Å². The van der Waals surface area contributed by atoms with Crippen molar-refractivity contribution in [3.8, 4) is 17.2 Å². The number of benzene rings is 2. The molecule has 0 aliphatic rings. The molecule has 0 aliphatic carbocycles. The van der Waals surface area contributed by atoms with Gasteiger partial charge in [-0.3, -0.25) is 9.59 Å². The number of nitrogens with one attached hydrogen (secondary N) is 1. The Morgan fingerprint density at radius 1 is 0.964 bits per heavy atom. The van der Waals surface area contributed by atoms with Gasteiger partial charge in [0.05, 0.1) is 26.7 Å². The zero-order chi connectivity index (χ0) is 20.2. The highest BCUT2D eigenvalue weighted by atomic mass is 16.5. The number of carbonyl (C=O) groups excluding carboxylic acids is 2. The molecule has 0 bridgehead atoms. The molecule has 1 N–H and O–H groups in total. The molecule has 2 rings (SSSR count). The molecule has 7 heteroatoms. The third kappa shape index (κ3) is 7.19. The number of ether oxygens (including phenoxy) is 4. The van der Waals surface area contributed by atoms with E-state index in [1.807, 2.05) is 31.2 Å². The normalized spacial score (nSPS) is 10.1. The minimum atomic E-state index is -0.495. The summed E-state index contributed by atoms with van der Waals surface area (Å²) in [5, 5.41) is 2.64. The highest BCUT2D eigenvalue weighted by Gasteiger charge is 2.11. The summed E-state index contributed by atoms with van der Waals surface area (Å²) in [6.07, 6.45) is 0.0398. The number of methoxy groups -OCH3 is 1. The Labute approximate surface area is 164 Å². The second kappa shape index (κ2) is 11.5. The molecule has 0 spiro atoms. The summed E-state index contributed by atoms with van der Waals surface area (Å²) in [6.45, 7) is 2.79. The summed E-state index contributed by atoms with van der Waals surface area (Å²) in [6, 6.07) is 14.4. The molecular formula is C21H25NO6. The van der Waals surface area contributed by atoms with Crippen LogP contribution in [0.2, 0.25) is 0 Å². The summed E-state index contributed by atoms with van der Waals surface area (Å²) >= 11 is 0. The number of carbonyl (C=O) groups is 2. The number of para-hydroxylation sites is 1. The van der Waals surface area contributed by atoms with Crippen LogP contribution in [-0.4, -0.2) is 45.4 Å². The van der Waals surface area contributed by atoms with Crippen LogP contribution in [0, 0.1) is 0 Å². The molecule has 0 heterocycles. The van der Waals surface area contributed by atoms with Gasteiger partial charge >= 0.3 is 5.97 Å². The Bertz CT molecular complexity index is 760. The smallest absolute Gasteiger partial charge is 0.310 e. The SMILES string of the molecule is CCOc1ccc(OCCNC(=O)COC(=O)Cc2ccccc2OC)cc1. The average molecular weight is 387 g/mol. The molecule has 0 saturated carbocycles. The van der Waals surface area contributed by atoms with Gasteiger partial charge in [0.15, 0.2) is 6.61 Å². The van der Waals surface area contributed by atoms with Crippen LogP contribution in [0.1, 0.15) is 12.5 Å². The van der Waals surface area contributed by atoms with Crippen molar-refractivity contribution in [1.82, 2.24) is 5.32 Å². The minimum Gasteiger partial charge on any atom is -0.496 e. The molecule has 0 fully saturated rings. The standard InChI is InChI=1S/C21H25NO6/c1-3-26-17-8-10-18(11-9-17)27-13-12-22-20(23)15-28-21(24)14-16-6-4-5-7-19(16)25-2/h4-11H,3,12-15H2,1-2H3,(H,22,23). The van der Waals surface area contributed by atoms with E-state index in [-0.39, 0.29) is 18.9 Å². The molecule has 0 unspecified atom stereocenters. The predicted octanol–water partition coefficient (Wildman–Crippen LogP) is 2.37. The van der Waals surface area contributed by atoms with Crippen molar-refractivity contribution in [2.24, 2.45) is 0 Å². The number of hydrogen-bond donors (Lipinski definition) is 1. The van der Waals surface area contributed by atoms with Gasteiger partial charge in [-0.1, -0.05) is 18.2 Å². The maximum Gasteiger partial charge on any atom is 0.310 e. The lowest BCUT2D eigenvalue weighted by Crippen LogP contribution is -2.32. The number of rotatable bonds is 11. The Kier molecular flexibility index (Phi) is 8.65. The number of hydrogen-bond acceptors (Lipinski definition) is 6. The van der Waals surface area contributed by atoms with E-state index in [4.69, 9.17) is 18.9 Å². The van der Waals surface area contributed by atoms with E-state index in [2.05, 4.69) is 5.32 Å². The highest BCUT2D eigenvalue weighted by Crippen LogP contribution is 2.18. The Morgan fingerprint density at radius 3 is 2.32 bits per heavy atom. The van der Waals surface area contributed by atoms with Gasteiger partial charge in [-0.05, 0) is 37.3 Å². The molecule has 28 heavy (non-hydrogen) atoms. The van der Waals surface area contributed by atoms with Gasteiger partial charge in [-0.15, -0.1) is 0 Å². The van der Waals surface area contributed by atoms with Crippen molar-refractivity contribution in [2.75, 3.05) is 33.5 Å². The fraction of sp³-hybridized carbons (Fsp3) is 0.333. The molecule has 150 valence electrons. The van der Waals surface area contributed by atoms with E-state index in [1.165, 1.54) is 7.11 Å². The van der Waals surface area contributed by atoms with Crippen molar-refractivity contribution in [3.63, 3.8) is 0 Å². The molecule has 1 amide bonds. The highest BCUT2D eigenvalue weighted by molar-refractivity contribution is 5.81. The van der Waals surface area contributed by atoms with Crippen molar-refractivity contribution >= 4 is 11.9 Å². The maximum atomic E-state index is 11.9. The Morgan fingerprint density at radius 2 is 1.64 bits per heavy atom. The first-order valence-electron chi connectivity index (χ1n) is 9.02. The van der Waals surface area contributed by atoms with Crippen molar-refractivity contribution in [3.05, 3.63) is 54.1 Å². The molecule has 2 aromatic rings. The molecule has 0 aliphatic heterocycles. The topological polar surface area (TPSA) is 83.1 Å². The molecule has 0 saturated heterocycles. The monoisotopic (exact) mass is 387 g/mol. The molecular weight excluding hydrogens is 362 g/mol. The average Bonchev–Trinajstić information content (AvgIpc) is 2.71. The summed E-state index contributed by atoms with van der Waals surface area (Å²) in [5.74, 6) is 1.18. The van der Waals surface area contributed by atoms with Crippen molar-refractivity contribution < 1.29 is 28.5 Å². The van der Waals surface area contributed by atoms with Crippen LogP contribution in [-0.2, 0) is 20.7 Å². The summed E-state index contributed by atoms with van der Waals surface area (Å²) in [5.41, 5.74) is 0.708. The number of amides is 1. The van der Waals surface area contributed by atoms with E-state index >= 15 is 0 Å². The predicted molar refractivity (Wildman–Crippen MR) is 104 cm³/mol. The van der Waals surface area contributed by atoms with Gasteiger partial charge in [0, 0.05) is 5.56 Å². The minimum absolute atomic E-state index is 0.0398. The van der Waals surface area contributed by atoms with E-state index in [0.29, 0.717) is 36.8 Å². The maximum absolute atomic E-state index is 11.9. The first kappa shape index (κ1) is 21.1. The van der Waals surface area contributed by atoms with Gasteiger partial charge in [0.1, 0.15) is 23.9 Å². The van der Waals surface area contributed by atoms with Gasteiger partial charge in [-0.25, -0.2) is 0 Å². The van der Waals surface area contributed by atoms with Crippen LogP contribution in [0.15, 0.2) is 48.5 Å². The van der Waals surface area contributed by atoms with Crippen LogP contribution in [0.5, 0.6) is 17.2 Å². The van der Waals surface area contributed by atoms with Crippen LogP contribution in [0.3, 0.4) is 0 Å². The molecule has 0 atom stereocenters. The van der Waals surface area contributed by atoms with E-state index < -0.39 is 5.97 Å². The third-order valence-electron chi connectivity index (χ3n) is 3.72. The van der Waals surface area contributed by atoms with Crippen LogP contribution >= 0.6 is 0 Å². The fourth-order valence-corrected chi connectivity index (χ4v) is 2.41. The van der Waals surface area contributed by atoms with Gasteiger partial charge in [-0.2, -0.15) is 0 Å². The zero-order valence-electron chi connectivity index (χ0n) is 16.1. The van der Waals surface area contributed by atoms with Crippen LogP contribution < -0.4 is 19.5 Å². The van der Waals surface area contributed by atoms with Gasteiger partial charge in [0.25, 0.3) is 5.91 Å². The summed E-state index contributed by atoms with van der Waals surface area (Å²) < 4.78 is 21.1. The molecule has 7 nitrogen and oxygen atoms in total. The lowest BCUT2D eigenvalue weighted by molar-refractivity contribution is -0.147. The first-order chi connectivity index (χ1) is 13.6. The van der Waals surface area contributed by atoms with Crippen molar-refractivity contribution in [1.29, 1.82) is 0 Å². The number of esters is 1. The lowest BCUT2D eigenvalue weighted by Gasteiger charge is -2.10. The second-order valence-corrected chi connectivity index (χ2v) is 5.75. The Balaban J connectivity index is 1.62. The summed E-state index contributed by atoms with van der Waals surface area (Å²) in [4.78, 5) is 23.6. The van der Waals surface area contributed by atoms with Crippen LogP contribution in [0.25, 0.3) is 0 Å². The van der Waals surface area contributed by atoms with E-state index in [0.717, 1.165) is 5.75 Å². The quantitative estimate of drug-likeness (QED) is 0.471. The molecule has 0 radical (unpaired) electrons. The third-order valence-corrected chi connectivity index (χ3v) is 3.72. The second-order valence-electron chi connectivity index (χ2n) is 5.75. The molecule has 2 aromatic carbocycles. The van der Waals surface area contributed by atoms with Gasteiger partial charge < -0.3 is 24.3 Å².